The third-order valence-corrected chi connectivity index (χ3v) is 3.98. The van der Waals surface area contributed by atoms with Crippen molar-refractivity contribution in [3.8, 4) is 0 Å². The Labute approximate surface area is 129 Å². The number of hydrogen-bond donors (Lipinski definition) is 2. The predicted octanol–water partition coefficient (Wildman–Crippen LogP) is 2.27. The van der Waals surface area contributed by atoms with E-state index in [0.717, 1.165) is 29.3 Å². The van der Waals surface area contributed by atoms with E-state index >= 15 is 0 Å². The molecule has 3 rings (SSSR count). The molecular weight excluding hydrogens is 278 g/mol. The molecule has 1 aromatic carbocycles. The summed E-state index contributed by atoms with van der Waals surface area (Å²) in [6, 6.07) is 7.77. The van der Waals surface area contributed by atoms with Crippen LogP contribution in [0.1, 0.15) is 25.3 Å². The van der Waals surface area contributed by atoms with E-state index in [2.05, 4.69) is 17.2 Å². The molecule has 5 nitrogen and oxygen atoms in total. The van der Waals surface area contributed by atoms with Crippen LogP contribution < -0.4 is 5.32 Å². The van der Waals surface area contributed by atoms with Gasteiger partial charge in [0.15, 0.2) is 0 Å². The van der Waals surface area contributed by atoms with E-state index in [9.17, 15) is 9.59 Å². The fraction of sp³-hybridized carbons (Fsp3) is 0.294. The highest BCUT2D eigenvalue weighted by molar-refractivity contribution is 6.36. The van der Waals surface area contributed by atoms with Crippen molar-refractivity contribution in [2.24, 2.45) is 0 Å². The molecule has 2 heterocycles. The summed E-state index contributed by atoms with van der Waals surface area (Å²) < 4.78 is 0. The van der Waals surface area contributed by atoms with Crippen molar-refractivity contribution >= 4 is 28.3 Å². The Morgan fingerprint density at radius 1 is 1.18 bits per heavy atom. The van der Waals surface area contributed by atoms with Gasteiger partial charge in [-0.15, -0.1) is 0 Å². The van der Waals surface area contributed by atoms with Gasteiger partial charge >= 0.3 is 0 Å². The molecule has 0 atom stereocenters. The largest absolute Gasteiger partial charge is 0.380 e. The number of nitrogens with one attached hydrogen (secondary N) is 2. The first kappa shape index (κ1) is 14.4. The number of rotatable bonds is 5. The van der Waals surface area contributed by atoms with Gasteiger partial charge in [0.25, 0.3) is 11.8 Å². The zero-order chi connectivity index (χ0) is 15.7. The van der Waals surface area contributed by atoms with Crippen LogP contribution >= 0.6 is 0 Å². The average Bonchev–Trinajstić information content (AvgIpc) is 3.04. The first-order valence-electron chi connectivity index (χ1n) is 7.52. The number of carbonyl (C=O) groups is 2. The van der Waals surface area contributed by atoms with Crippen molar-refractivity contribution in [3.63, 3.8) is 0 Å². The highest BCUT2D eigenvalue weighted by Crippen LogP contribution is 2.32. The summed E-state index contributed by atoms with van der Waals surface area (Å²) in [7, 11) is 1.52. The second kappa shape index (κ2) is 5.67. The van der Waals surface area contributed by atoms with Crippen LogP contribution in [0.2, 0.25) is 0 Å². The number of benzene rings is 1. The molecule has 1 aliphatic heterocycles. The maximum atomic E-state index is 12.5. The van der Waals surface area contributed by atoms with Crippen LogP contribution in [0.4, 0.5) is 0 Å². The van der Waals surface area contributed by atoms with Gasteiger partial charge in [-0.1, -0.05) is 31.5 Å². The number of hydrogen-bond acceptors (Lipinski definition) is 3. The van der Waals surface area contributed by atoms with E-state index in [1.807, 2.05) is 24.3 Å². The molecule has 0 unspecified atom stereocenters. The number of aromatic amines is 1. The second-order valence-electron chi connectivity index (χ2n) is 5.45. The van der Waals surface area contributed by atoms with Crippen LogP contribution in [0.5, 0.6) is 0 Å². The predicted molar refractivity (Wildman–Crippen MR) is 85.9 cm³/mol. The third kappa shape index (κ3) is 2.19. The lowest BCUT2D eigenvalue weighted by atomic mass is 10.0. The fourth-order valence-electron chi connectivity index (χ4n) is 2.72. The summed E-state index contributed by atoms with van der Waals surface area (Å²) in [5.74, 6) is -0.518. The lowest BCUT2D eigenvalue weighted by Gasteiger charge is -2.07. The Morgan fingerprint density at radius 3 is 2.73 bits per heavy atom. The highest BCUT2D eigenvalue weighted by atomic mass is 16.2. The lowest BCUT2D eigenvalue weighted by molar-refractivity contribution is -0.135. The second-order valence-corrected chi connectivity index (χ2v) is 5.45. The molecule has 0 saturated carbocycles. The van der Waals surface area contributed by atoms with Crippen LogP contribution in [0.15, 0.2) is 36.2 Å². The van der Waals surface area contributed by atoms with E-state index in [4.69, 9.17) is 0 Å². The van der Waals surface area contributed by atoms with Crippen LogP contribution in [-0.2, 0) is 9.59 Å². The molecular formula is C17H19N3O2. The molecule has 0 spiro atoms. The van der Waals surface area contributed by atoms with Gasteiger partial charge in [-0.25, -0.2) is 0 Å². The van der Waals surface area contributed by atoms with Crippen molar-refractivity contribution in [1.29, 1.82) is 0 Å². The Bertz CT molecular complexity index is 773. The smallest absolute Gasteiger partial charge is 0.277 e. The molecule has 22 heavy (non-hydrogen) atoms. The number of amides is 2. The zero-order valence-electron chi connectivity index (χ0n) is 12.8. The Kier molecular flexibility index (Phi) is 3.71. The SMILES string of the molecule is CCCCNC1=C(c2c[nH]c3ccccc23)C(=O)N(C)C1=O. The number of H-pyrrole nitrogens is 1. The van der Waals surface area contributed by atoms with Gasteiger partial charge in [0.05, 0.1) is 5.57 Å². The standard InChI is InChI=1S/C17H19N3O2/c1-3-4-9-18-15-14(16(21)20(2)17(15)22)12-10-19-13-8-6-5-7-11(12)13/h5-8,10,18-19H,3-4,9H2,1-2H3. The van der Waals surface area contributed by atoms with Crippen LogP contribution in [0.25, 0.3) is 16.5 Å². The quantitative estimate of drug-likeness (QED) is 0.657. The summed E-state index contributed by atoms with van der Waals surface area (Å²) in [6.07, 6.45) is 3.78. The molecule has 2 amide bonds. The van der Waals surface area contributed by atoms with Gasteiger partial charge in [-0.2, -0.15) is 0 Å². The summed E-state index contributed by atoms with van der Waals surface area (Å²) in [5, 5.41) is 4.10. The normalized spacial score (nSPS) is 15.3. The molecule has 5 heteroatoms. The third-order valence-electron chi connectivity index (χ3n) is 3.98. The average molecular weight is 297 g/mol. The monoisotopic (exact) mass is 297 g/mol. The van der Waals surface area contributed by atoms with E-state index in [1.165, 1.54) is 11.9 Å². The van der Waals surface area contributed by atoms with Crippen LogP contribution in [0, 0.1) is 0 Å². The summed E-state index contributed by atoms with van der Waals surface area (Å²) in [4.78, 5) is 29.2. The Morgan fingerprint density at radius 2 is 1.95 bits per heavy atom. The number of likely N-dealkylation sites (N-methyl/N-ethyl adjacent to an activating group) is 1. The number of carbonyl (C=O) groups excluding carboxylic acids is 2. The lowest BCUT2D eigenvalue weighted by Crippen LogP contribution is -2.30. The molecule has 2 aromatic rings. The minimum atomic E-state index is -0.263. The van der Waals surface area contributed by atoms with Crippen molar-refractivity contribution in [2.75, 3.05) is 13.6 Å². The molecule has 1 aromatic heterocycles. The first-order chi connectivity index (χ1) is 10.6. The number of nitrogens with zero attached hydrogens (tertiary/aromatic N) is 1. The molecule has 2 N–H and O–H groups in total. The number of unbranched alkanes of at least 4 members (excludes halogenated alkanes) is 1. The van der Waals surface area contributed by atoms with Gasteiger partial charge < -0.3 is 10.3 Å². The molecule has 0 radical (unpaired) electrons. The van der Waals surface area contributed by atoms with Crippen molar-refractivity contribution < 1.29 is 9.59 Å². The highest BCUT2D eigenvalue weighted by Gasteiger charge is 2.37. The molecule has 0 saturated heterocycles. The summed E-state index contributed by atoms with van der Waals surface area (Å²) in [6.45, 7) is 2.77. The first-order valence-corrected chi connectivity index (χ1v) is 7.52. The minimum absolute atomic E-state index is 0.256. The van der Waals surface area contributed by atoms with E-state index in [1.54, 1.807) is 6.20 Å². The zero-order valence-corrected chi connectivity index (χ0v) is 12.8. The van der Waals surface area contributed by atoms with Crippen molar-refractivity contribution in [2.45, 2.75) is 19.8 Å². The summed E-state index contributed by atoms with van der Waals surface area (Å²) in [5.41, 5.74) is 2.59. The topological polar surface area (TPSA) is 65.2 Å². The molecule has 0 bridgehead atoms. The number of fused-ring (bicyclic) bond motifs is 1. The maximum absolute atomic E-state index is 12.5. The minimum Gasteiger partial charge on any atom is -0.380 e. The van der Waals surface area contributed by atoms with E-state index in [0.29, 0.717) is 17.8 Å². The molecule has 0 fully saturated rings. The van der Waals surface area contributed by atoms with Crippen molar-refractivity contribution in [1.82, 2.24) is 15.2 Å². The van der Waals surface area contributed by atoms with Gasteiger partial charge in [0, 0.05) is 36.3 Å². The fourth-order valence-corrected chi connectivity index (χ4v) is 2.72. The maximum Gasteiger partial charge on any atom is 0.277 e. The number of aromatic nitrogens is 1. The Balaban J connectivity index is 2.10. The van der Waals surface area contributed by atoms with Crippen LogP contribution in [-0.4, -0.2) is 35.3 Å². The molecule has 1 aliphatic rings. The molecule has 114 valence electrons. The summed E-state index contributed by atoms with van der Waals surface area (Å²) >= 11 is 0. The molecule has 0 aliphatic carbocycles. The van der Waals surface area contributed by atoms with E-state index in [-0.39, 0.29) is 11.8 Å². The Hall–Kier alpha value is -2.56. The number of imide groups is 1. The van der Waals surface area contributed by atoms with Gasteiger partial charge in [0.1, 0.15) is 5.70 Å². The van der Waals surface area contributed by atoms with Gasteiger partial charge in [-0.05, 0) is 12.5 Å². The van der Waals surface area contributed by atoms with E-state index < -0.39 is 0 Å². The number of para-hydroxylation sites is 1. The van der Waals surface area contributed by atoms with Crippen LogP contribution in [0.3, 0.4) is 0 Å². The van der Waals surface area contributed by atoms with Crippen molar-refractivity contribution in [3.05, 3.63) is 41.7 Å². The van der Waals surface area contributed by atoms with Gasteiger partial charge in [0.2, 0.25) is 0 Å². The van der Waals surface area contributed by atoms with Gasteiger partial charge in [-0.3, -0.25) is 14.5 Å².